The Hall–Kier alpha value is -1.61. The van der Waals surface area contributed by atoms with Crippen LogP contribution in [0.4, 0.5) is 0 Å². The maximum atomic E-state index is 4.45. The number of nitrogens with zero attached hydrogens (tertiary/aromatic N) is 2. The largest absolute Gasteiger partial charge is 0.335 e. The van der Waals surface area contributed by atoms with E-state index < -0.39 is 0 Å². The number of nitrogens with one attached hydrogen (secondary N) is 1. The topological polar surface area (TPSA) is 29.9 Å². The Morgan fingerprint density at radius 3 is 2.58 bits per heavy atom. The maximum absolute atomic E-state index is 4.45. The van der Waals surface area contributed by atoms with Crippen LogP contribution in [0.1, 0.15) is 23.9 Å². The van der Waals surface area contributed by atoms with E-state index in [9.17, 15) is 0 Å². The zero-order chi connectivity index (χ0) is 13.7. The van der Waals surface area contributed by atoms with Crippen molar-refractivity contribution in [2.24, 2.45) is 0 Å². The SMILES string of the molecule is CCn1ccnc1CC(Cc1ccc(C)cc1)NC. The molecule has 0 spiro atoms. The predicted octanol–water partition coefficient (Wildman–Crippen LogP) is 2.58. The van der Waals surface area contributed by atoms with E-state index in [2.05, 4.69) is 53.0 Å². The van der Waals surface area contributed by atoms with E-state index in [0.717, 1.165) is 25.2 Å². The molecule has 2 rings (SSSR count). The molecular formula is C16H23N3. The fourth-order valence-corrected chi connectivity index (χ4v) is 2.32. The molecule has 1 atom stereocenters. The monoisotopic (exact) mass is 257 g/mol. The van der Waals surface area contributed by atoms with Crippen LogP contribution in [0.2, 0.25) is 0 Å². The van der Waals surface area contributed by atoms with Crippen molar-refractivity contribution in [1.82, 2.24) is 14.9 Å². The van der Waals surface area contributed by atoms with Gasteiger partial charge in [-0.05, 0) is 32.9 Å². The molecule has 0 bridgehead atoms. The van der Waals surface area contributed by atoms with Gasteiger partial charge in [0.1, 0.15) is 5.82 Å². The standard InChI is InChI=1S/C16H23N3/c1-4-19-10-9-18-16(19)12-15(17-3)11-14-7-5-13(2)6-8-14/h5-10,15,17H,4,11-12H2,1-3H3. The molecule has 0 amide bonds. The Labute approximate surface area is 115 Å². The van der Waals surface area contributed by atoms with Crippen LogP contribution in [-0.2, 0) is 19.4 Å². The number of hydrogen-bond acceptors (Lipinski definition) is 2. The van der Waals surface area contributed by atoms with E-state index in [1.54, 1.807) is 0 Å². The first-order chi connectivity index (χ1) is 9.22. The minimum atomic E-state index is 0.426. The number of likely N-dealkylation sites (N-methyl/N-ethyl adjacent to an activating group) is 1. The normalized spacial score (nSPS) is 12.6. The lowest BCUT2D eigenvalue weighted by Gasteiger charge is -2.16. The quantitative estimate of drug-likeness (QED) is 0.862. The van der Waals surface area contributed by atoms with Gasteiger partial charge in [0.25, 0.3) is 0 Å². The molecule has 1 heterocycles. The van der Waals surface area contributed by atoms with Gasteiger partial charge in [0.15, 0.2) is 0 Å². The highest BCUT2D eigenvalue weighted by Crippen LogP contribution is 2.09. The molecule has 0 aliphatic carbocycles. The van der Waals surface area contributed by atoms with Crippen LogP contribution in [0.25, 0.3) is 0 Å². The summed E-state index contributed by atoms with van der Waals surface area (Å²) in [6.07, 6.45) is 5.93. The van der Waals surface area contributed by atoms with Crippen LogP contribution in [0.5, 0.6) is 0 Å². The Morgan fingerprint density at radius 1 is 1.21 bits per heavy atom. The zero-order valence-electron chi connectivity index (χ0n) is 12.1. The van der Waals surface area contributed by atoms with Gasteiger partial charge in [0.05, 0.1) is 0 Å². The molecule has 0 fully saturated rings. The van der Waals surface area contributed by atoms with Crippen molar-refractivity contribution in [3.63, 3.8) is 0 Å². The van der Waals surface area contributed by atoms with Gasteiger partial charge in [0, 0.05) is 31.4 Å². The smallest absolute Gasteiger partial charge is 0.110 e. The Bertz CT molecular complexity index is 499. The summed E-state index contributed by atoms with van der Waals surface area (Å²) in [7, 11) is 2.03. The second-order valence-corrected chi connectivity index (χ2v) is 5.01. The molecule has 1 N–H and O–H groups in total. The van der Waals surface area contributed by atoms with Crippen LogP contribution < -0.4 is 5.32 Å². The fourth-order valence-electron chi connectivity index (χ4n) is 2.32. The van der Waals surface area contributed by atoms with Crippen molar-refractivity contribution in [3.05, 3.63) is 53.6 Å². The zero-order valence-corrected chi connectivity index (χ0v) is 12.1. The Balaban J connectivity index is 2.02. The summed E-state index contributed by atoms with van der Waals surface area (Å²) in [5, 5.41) is 3.40. The molecule has 2 aromatic rings. The van der Waals surface area contributed by atoms with Crippen molar-refractivity contribution in [2.75, 3.05) is 7.05 Å². The first-order valence-electron chi connectivity index (χ1n) is 6.95. The average Bonchev–Trinajstić information content (AvgIpc) is 2.87. The van der Waals surface area contributed by atoms with Crippen LogP contribution in [0.3, 0.4) is 0 Å². The summed E-state index contributed by atoms with van der Waals surface area (Å²) >= 11 is 0. The number of rotatable bonds is 6. The summed E-state index contributed by atoms with van der Waals surface area (Å²) in [6.45, 7) is 5.26. The second kappa shape index (κ2) is 6.53. The van der Waals surface area contributed by atoms with Crippen molar-refractivity contribution in [3.8, 4) is 0 Å². The lowest BCUT2D eigenvalue weighted by atomic mass is 10.0. The van der Waals surface area contributed by atoms with E-state index in [4.69, 9.17) is 0 Å². The van der Waals surface area contributed by atoms with Crippen LogP contribution >= 0.6 is 0 Å². The molecule has 0 saturated heterocycles. The summed E-state index contributed by atoms with van der Waals surface area (Å²) in [4.78, 5) is 4.45. The third kappa shape index (κ3) is 3.67. The van der Waals surface area contributed by atoms with Crippen molar-refractivity contribution >= 4 is 0 Å². The molecule has 102 valence electrons. The highest BCUT2D eigenvalue weighted by Gasteiger charge is 2.11. The molecule has 0 aliphatic heterocycles. The highest BCUT2D eigenvalue weighted by atomic mass is 15.1. The Morgan fingerprint density at radius 2 is 1.95 bits per heavy atom. The summed E-state index contributed by atoms with van der Waals surface area (Å²) in [6, 6.07) is 9.21. The van der Waals surface area contributed by atoms with Crippen LogP contribution in [0.15, 0.2) is 36.7 Å². The molecule has 1 aromatic carbocycles. The van der Waals surface area contributed by atoms with E-state index >= 15 is 0 Å². The summed E-state index contributed by atoms with van der Waals surface area (Å²) in [5.41, 5.74) is 2.69. The van der Waals surface area contributed by atoms with Gasteiger partial charge in [-0.1, -0.05) is 29.8 Å². The van der Waals surface area contributed by atoms with Gasteiger partial charge in [-0.15, -0.1) is 0 Å². The lowest BCUT2D eigenvalue weighted by Crippen LogP contribution is -2.31. The minimum Gasteiger partial charge on any atom is -0.335 e. The average molecular weight is 257 g/mol. The van der Waals surface area contributed by atoms with E-state index in [0.29, 0.717) is 6.04 Å². The Kier molecular flexibility index (Phi) is 4.74. The first kappa shape index (κ1) is 13.8. The van der Waals surface area contributed by atoms with Gasteiger partial charge in [-0.2, -0.15) is 0 Å². The van der Waals surface area contributed by atoms with Gasteiger partial charge in [0.2, 0.25) is 0 Å². The number of benzene rings is 1. The molecule has 19 heavy (non-hydrogen) atoms. The van der Waals surface area contributed by atoms with Gasteiger partial charge in [-0.3, -0.25) is 0 Å². The van der Waals surface area contributed by atoms with E-state index in [-0.39, 0.29) is 0 Å². The molecule has 1 aromatic heterocycles. The number of hydrogen-bond donors (Lipinski definition) is 1. The van der Waals surface area contributed by atoms with Gasteiger partial charge in [-0.25, -0.2) is 4.98 Å². The van der Waals surface area contributed by atoms with E-state index in [1.807, 2.05) is 19.4 Å². The molecular weight excluding hydrogens is 234 g/mol. The number of aromatic nitrogens is 2. The number of aryl methyl sites for hydroxylation is 2. The second-order valence-electron chi connectivity index (χ2n) is 5.01. The molecule has 3 heteroatoms. The van der Waals surface area contributed by atoms with E-state index in [1.165, 1.54) is 11.1 Å². The van der Waals surface area contributed by atoms with Crippen molar-refractivity contribution in [2.45, 2.75) is 39.3 Å². The van der Waals surface area contributed by atoms with Crippen molar-refractivity contribution in [1.29, 1.82) is 0 Å². The van der Waals surface area contributed by atoms with Crippen LogP contribution in [-0.4, -0.2) is 22.6 Å². The third-order valence-corrected chi connectivity index (χ3v) is 3.58. The predicted molar refractivity (Wildman–Crippen MR) is 79.3 cm³/mol. The summed E-state index contributed by atoms with van der Waals surface area (Å²) in [5.74, 6) is 1.16. The molecule has 3 nitrogen and oxygen atoms in total. The van der Waals surface area contributed by atoms with Gasteiger partial charge < -0.3 is 9.88 Å². The summed E-state index contributed by atoms with van der Waals surface area (Å²) < 4.78 is 2.21. The molecule has 1 unspecified atom stereocenters. The fraction of sp³-hybridized carbons (Fsp3) is 0.438. The number of imidazole rings is 1. The highest BCUT2D eigenvalue weighted by molar-refractivity contribution is 5.22. The minimum absolute atomic E-state index is 0.426. The lowest BCUT2D eigenvalue weighted by molar-refractivity contribution is 0.526. The van der Waals surface area contributed by atoms with Crippen LogP contribution in [0, 0.1) is 6.92 Å². The van der Waals surface area contributed by atoms with Gasteiger partial charge >= 0.3 is 0 Å². The first-order valence-corrected chi connectivity index (χ1v) is 6.95. The van der Waals surface area contributed by atoms with Crippen molar-refractivity contribution < 1.29 is 0 Å². The molecule has 0 radical (unpaired) electrons. The molecule has 0 aliphatic rings. The maximum Gasteiger partial charge on any atom is 0.110 e. The molecule has 0 saturated carbocycles. The third-order valence-electron chi connectivity index (χ3n) is 3.58.